The van der Waals surface area contributed by atoms with Gasteiger partial charge in [-0.25, -0.2) is 8.42 Å². The topological polar surface area (TPSA) is 281 Å². The number of aromatic hydroxyl groups is 1. The number of aryl methyl sites for hydroxylation is 2. The summed E-state index contributed by atoms with van der Waals surface area (Å²) in [5.41, 5.74) is 1.66. The third kappa shape index (κ3) is 13.3. The first-order valence-electron chi connectivity index (χ1n) is 22.1. The van der Waals surface area contributed by atoms with Gasteiger partial charge in [0, 0.05) is 27.7 Å². The third-order valence-electron chi connectivity index (χ3n) is 11.3. The molecule has 0 aromatic heterocycles. The van der Waals surface area contributed by atoms with Crippen molar-refractivity contribution in [3.05, 3.63) is 166 Å². The van der Waals surface area contributed by atoms with Crippen molar-refractivity contribution in [2.75, 3.05) is 24.9 Å². The standard InChI is InChI=1S/2C26H22ClN3O6S.Ba/c2*1-3-15-8-13-21(37(33,34)35)22(27)23(15)29-30-24-19-7-5-4-6-16(19)14-20(25(24)31)26(32)28-17-9-11-18(36-2)12-10-17;/h2*4-14,31H,3H2,1-2H3,(H,28,32)(H,33,34,35);/q;;+2/p-2. The number of anilines is 2. The van der Waals surface area contributed by atoms with Crippen molar-refractivity contribution in [1.29, 1.82) is 0 Å². The molecule has 0 heterocycles. The Morgan fingerprint density at radius 2 is 0.987 bits per heavy atom. The van der Waals surface area contributed by atoms with E-state index in [2.05, 4.69) is 31.1 Å². The van der Waals surface area contributed by atoms with E-state index in [9.17, 15) is 45.7 Å². The summed E-state index contributed by atoms with van der Waals surface area (Å²) >= 11 is 12.5. The van der Waals surface area contributed by atoms with Gasteiger partial charge < -0.3 is 34.9 Å². The molecule has 0 radical (unpaired) electrons. The minimum absolute atomic E-state index is 0. The van der Waals surface area contributed by atoms with E-state index < -0.39 is 53.3 Å². The molecule has 0 aliphatic heterocycles. The number of ether oxygens (including phenoxy) is 2. The molecule has 8 aromatic rings. The van der Waals surface area contributed by atoms with Crippen molar-refractivity contribution in [2.45, 2.75) is 36.5 Å². The molecule has 0 spiro atoms. The number of amides is 2. The van der Waals surface area contributed by atoms with Crippen molar-refractivity contribution in [1.82, 2.24) is 0 Å². The summed E-state index contributed by atoms with van der Waals surface area (Å²) < 4.78 is 78.0. The van der Waals surface area contributed by atoms with Gasteiger partial charge in [-0.2, -0.15) is 13.5 Å². The van der Waals surface area contributed by atoms with Gasteiger partial charge in [0.2, 0.25) is 0 Å². The summed E-state index contributed by atoms with van der Waals surface area (Å²) in [7, 11) is -6.41. The second-order valence-electron chi connectivity index (χ2n) is 15.8. The quantitative estimate of drug-likeness (QED) is 0.0449. The van der Waals surface area contributed by atoms with Crippen molar-refractivity contribution in [3.63, 3.8) is 0 Å². The zero-order chi connectivity index (χ0) is 53.5. The molecule has 380 valence electrons. The normalized spacial score (nSPS) is 11.5. The Bertz CT molecular complexity index is 3530. The Morgan fingerprint density at radius 1 is 0.587 bits per heavy atom. The second-order valence-corrected chi connectivity index (χ2v) is 19.3. The summed E-state index contributed by atoms with van der Waals surface area (Å²) in [6.07, 6.45) is 0.847. The molecule has 0 bridgehead atoms. The maximum absolute atomic E-state index is 13.4. The van der Waals surface area contributed by atoms with Gasteiger partial charge in [-0.3, -0.25) is 14.1 Å². The molecule has 0 unspecified atom stereocenters. The molecule has 8 aromatic carbocycles. The van der Waals surface area contributed by atoms with Crippen LogP contribution in [0.2, 0.25) is 10.0 Å². The SMILES string of the molecule is CCc1ccc(S(=O)(=O)O)c(Cl)c1N=Nc1c(O)c(C(=O)Nc2ccc(OC)cc2)cc2ccccc12.CCc1ccc(S(=O)(=O)[O-])c(Cl)c1N=Nc1c([O-])c(C(=O)Nc2ccc(OC)cc2)cc2ccccc12.[Ba+2]. The van der Waals surface area contributed by atoms with Crippen LogP contribution in [0.3, 0.4) is 0 Å². The fourth-order valence-electron chi connectivity index (χ4n) is 7.47. The predicted octanol–water partition coefficient (Wildman–Crippen LogP) is 12.0. The van der Waals surface area contributed by atoms with Crippen LogP contribution in [0.5, 0.6) is 23.0 Å². The molecule has 0 fully saturated rings. The number of carbonyl (C=O) groups is 2. The van der Waals surface area contributed by atoms with Crippen LogP contribution in [-0.4, -0.2) is 106 Å². The molecule has 23 heteroatoms. The number of fused-ring (bicyclic) bond motifs is 2. The van der Waals surface area contributed by atoms with Gasteiger partial charge in [0.05, 0.1) is 40.4 Å². The van der Waals surface area contributed by atoms with Crippen LogP contribution in [0.25, 0.3) is 21.5 Å². The molecular formula is C52H42BaCl2N6O12S2. The monoisotopic (exact) mass is 1210 g/mol. The third-order valence-corrected chi connectivity index (χ3v) is 14.1. The first-order chi connectivity index (χ1) is 35.3. The van der Waals surface area contributed by atoms with E-state index in [0.29, 0.717) is 68.4 Å². The van der Waals surface area contributed by atoms with Crippen molar-refractivity contribution >= 4 is 160 Å². The summed E-state index contributed by atoms with van der Waals surface area (Å²) in [6.45, 7) is 3.60. The zero-order valence-corrected chi connectivity index (χ0v) is 47.7. The van der Waals surface area contributed by atoms with Crippen LogP contribution < -0.4 is 25.2 Å². The number of methoxy groups -OCH3 is 2. The smallest absolute Gasteiger partial charge is 0.870 e. The number of halogens is 2. The van der Waals surface area contributed by atoms with Crippen LogP contribution in [0.4, 0.5) is 34.1 Å². The number of benzene rings is 8. The Morgan fingerprint density at radius 3 is 1.44 bits per heavy atom. The minimum atomic E-state index is -4.87. The van der Waals surface area contributed by atoms with E-state index in [1.54, 1.807) is 104 Å². The Kier molecular flexibility index (Phi) is 19.3. The molecular weight excluding hydrogens is 1170 g/mol. The van der Waals surface area contributed by atoms with Gasteiger partial charge in [-0.15, -0.1) is 15.3 Å². The number of carbonyl (C=O) groups excluding carboxylic acids is 2. The van der Waals surface area contributed by atoms with Crippen molar-refractivity contribution in [3.8, 4) is 23.0 Å². The summed E-state index contributed by atoms with van der Waals surface area (Å²) in [5.74, 6) is -1.11. The van der Waals surface area contributed by atoms with Crippen LogP contribution in [0.1, 0.15) is 45.7 Å². The first kappa shape index (κ1) is 57.9. The van der Waals surface area contributed by atoms with E-state index in [1.165, 1.54) is 44.6 Å². The van der Waals surface area contributed by atoms with E-state index in [-0.39, 0.29) is 92.8 Å². The summed E-state index contributed by atoms with van der Waals surface area (Å²) in [4.78, 5) is 25.0. The van der Waals surface area contributed by atoms with Crippen LogP contribution in [0, 0.1) is 0 Å². The Hall–Kier alpha value is -6.41. The van der Waals surface area contributed by atoms with Crippen molar-refractivity contribution < 1.29 is 55.2 Å². The number of azo groups is 2. The fourth-order valence-corrected chi connectivity index (χ4v) is 9.60. The molecule has 18 nitrogen and oxygen atoms in total. The Labute approximate surface area is 481 Å². The van der Waals surface area contributed by atoms with Crippen LogP contribution >= 0.6 is 23.2 Å². The number of rotatable bonds is 14. The minimum Gasteiger partial charge on any atom is -0.870 e. The summed E-state index contributed by atoms with van der Waals surface area (Å²) in [6, 6.07) is 35.2. The molecule has 0 saturated heterocycles. The van der Waals surface area contributed by atoms with E-state index in [1.807, 2.05) is 6.92 Å². The van der Waals surface area contributed by atoms with Gasteiger partial charge in [-0.1, -0.05) is 103 Å². The molecule has 0 atom stereocenters. The van der Waals surface area contributed by atoms with Crippen LogP contribution in [0.15, 0.2) is 164 Å². The second kappa shape index (κ2) is 25.0. The first-order valence-corrected chi connectivity index (χ1v) is 25.7. The Balaban J connectivity index is 0.000000241. The molecule has 0 saturated carbocycles. The molecule has 4 N–H and O–H groups in total. The number of hydrogen-bond acceptors (Lipinski definition) is 15. The molecule has 75 heavy (non-hydrogen) atoms. The van der Waals surface area contributed by atoms with E-state index in [0.717, 1.165) is 6.07 Å². The number of phenols is 1. The van der Waals surface area contributed by atoms with Gasteiger partial charge >= 0.3 is 48.9 Å². The average molecular weight is 1220 g/mol. The number of hydrogen-bond donors (Lipinski definition) is 4. The maximum atomic E-state index is 13.4. The largest absolute Gasteiger partial charge is 2.00 e. The maximum Gasteiger partial charge on any atom is 2.00 e. The van der Waals surface area contributed by atoms with Gasteiger partial charge in [0.15, 0.2) is 5.75 Å². The molecule has 0 aliphatic rings. The fraction of sp³-hybridized carbons (Fsp3) is 0.115. The number of nitrogens with one attached hydrogen (secondary N) is 2. The number of phenolic OH excluding ortho intramolecular Hbond substituents is 1. The van der Waals surface area contributed by atoms with Gasteiger partial charge in [0.25, 0.3) is 21.9 Å². The van der Waals surface area contributed by atoms with E-state index in [4.69, 9.17) is 32.7 Å². The predicted molar refractivity (Wildman–Crippen MR) is 284 cm³/mol. The van der Waals surface area contributed by atoms with E-state index >= 15 is 0 Å². The molecule has 2 amide bonds. The average Bonchev–Trinajstić information content (AvgIpc) is 3.38. The van der Waals surface area contributed by atoms with Gasteiger partial charge in [0.1, 0.15) is 43.6 Å². The zero-order valence-electron chi connectivity index (χ0n) is 40.2. The number of nitrogens with zero attached hydrogens (tertiary/aromatic N) is 4. The van der Waals surface area contributed by atoms with Gasteiger partial charge in [-0.05, 0) is 108 Å². The summed E-state index contributed by atoms with van der Waals surface area (Å²) in [5, 5.41) is 47.8. The molecule has 0 aliphatic carbocycles. The van der Waals surface area contributed by atoms with Crippen molar-refractivity contribution in [2.24, 2.45) is 20.5 Å². The molecule has 8 rings (SSSR count). The van der Waals surface area contributed by atoms with Crippen LogP contribution in [-0.2, 0) is 33.1 Å².